The monoisotopic (exact) mass is 488 g/mol. The third-order valence-electron chi connectivity index (χ3n) is 6.99. The van der Waals surface area contributed by atoms with Gasteiger partial charge in [-0.15, -0.1) is 0 Å². The summed E-state index contributed by atoms with van der Waals surface area (Å²) in [4.78, 5) is 15.2. The molecule has 1 aliphatic rings. The summed E-state index contributed by atoms with van der Waals surface area (Å²) in [5.74, 6) is 2.39. The van der Waals surface area contributed by atoms with Crippen LogP contribution in [-0.4, -0.2) is 19.5 Å². The Labute approximate surface area is 218 Å². The van der Waals surface area contributed by atoms with Crippen LogP contribution in [0.1, 0.15) is 0 Å². The Morgan fingerprint density at radius 3 is 1.89 bits per heavy atom. The Morgan fingerprint density at radius 2 is 1.13 bits per heavy atom. The van der Waals surface area contributed by atoms with Crippen molar-refractivity contribution in [1.82, 2.24) is 19.5 Å². The topological polar surface area (TPSA) is 52.8 Å². The Balaban J connectivity index is 1.44. The van der Waals surface area contributed by atoms with Crippen molar-refractivity contribution in [3.63, 3.8) is 0 Å². The summed E-state index contributed by atoms with van der Waals surface area (Å²) in [6.07, 6.45) is 0. The molecule has 0 fully saturated rings. The summed E-state index contributed by atoms with van der Waals surface area (Å²) < 4.78 is 8.87. The third kappa shape index (κ3) is 3.09. The van der Waals surface area contributed by atoms with Gasteiger partial charge in [-0.3, -0.25) is 4.57 Å². The number of aromatic nitrogens is 4. The highest BCUT2D eigenvalue weighted by Gasteiger charge is 2.28. The van der Waals surface area contributed by atoms with Gasteiger partial charge in [-0.1, -0.05) is 84.9 Å². The Hall–Kier alpha value is -5.29. The zero-order valence-electron chi connectivity index (χ0n) is 20.2. The molecule has 0 spiro atoms. The molecule has 0 unspecified atom stereocenters. The van der Waals surface area contributed by atoms with E-state index < -0.39 is 0 Å². The zero-order chi connectivity index (χ0) is 25.1. The summed E-state index contributed by atoms with van der Waals surface area (Å²) in [6.45, 7) is 0. The lowest BCUT2D eigenvalue weighted by Crippen LogP contribution is -2.07. The van der Waals surface area contributed by atoms with Crippen LogP contribution < -0.4 is 4.74 Å². The largest absolute Gasteiger partial charge is 0.452 e. The molecule has 0 amide bonds. The number of hydrogen-bond donors (Lipinski definition) is 0. The Bertz CT molecular complexity index is 2000. The molecule has 0 N–H and O–H groups in total. The molecule has 0 bridgehead atoms. The second kappa shape index (κ2) is 8.11. The van der Waals surface area contributed by atoms with Crippen LogP contribution in [0.5, 0.6) is 11.5 Å². The maximum absolute atomic E-state index is 6.66. The van der Waals surface area contributed by atoms with Crippen molar-refractivity contribution < 1.29 is 4.74 Å². The number of para-hydroxylation sites is 4. The van der Waals surface area contributed by atoms with Crippen molar-refractivity contribution >= 4 is 22.1 Å². The van der Waals surface area contributed by atoms with Gasteiger partial charge in [-0.2, -0.15) is 0 Å². The predicted octanol–water partition coefficient (Wildman–Crippen LogP) is 8.08. The molecule has 0 radical (unpaired) electrons. The van der Waals surface area contributed by atoms with Crippen molar-refractivity contribution in [2.75, 3.05) is 0 Å². The molecule has 3 heterocycles. The van der Waals surface area contributed by atoms with E-state index in [0.29, 0.717) is 0 Å². The van der Waals surface area contributed by atoms with Crippen molar-refractivity contribution in [3.8, 4) is 51.1 Å². The second-order valence-electron chi connectivity index (χ2n) is 9.29. The van der Waals surface area contributed by atoms with E-state index in [1.165, 1.54) is 0 Å². The van der Waals surface area contributed by atoms with Crippen LogP contribution in [0.25, 0.3) is 61.7 Å². The number of rotatable bonds is 3. The first-order valence-corrected chi connectivity index (χ1v) is 12.6. The fraction of sp³-hybridized carbons (Fsp3) is 0. The van der Waals surface area contributed by atoms with Crippen molar-refractivity contribution in [2.45, 2.75) is 0 Å². The van der Waals surface area contributed by atoms with E-state index in [-0.39, 0.29) is 0 Å². The summed E-state index contributed by atoms with van der Waals surface area (Å²) in [5, 5.41) is 0. The van der Waals surface area contributed by atoms with Crippen LogP contribution in [0.2, 0.25) is 0 Å². The van der Waals surface area contributed by atoms with Gasteiger partial charge in [-0.25, -0.2) is 15.0 Å². The van der Waals surface area contributed by atoms with Crippen molar-refractivity contribution in [3.05, 3.63) is 121 Å². The number of nitrogens with zero attached hydrogens (tertiary/aromatic N) is 4. The predicted molar refractivity (Wildman–Crippen MR) is 151 cm³/mol. The molecule has 5 aromatic carbocycles. The van der Waals surface area contributed by atoms with Gasteiger partial charge in [0.2, 0.25) is 0 Å². The Morgan fingerprint density at radius 1 is 0.500 bits per heavy atom. The number of benzene rings is 5. The van der Waals surface area contributed by atoms with Gasteiger partial charge in [-0.05, 0) is 36.4 Å². The maximum Gasteiger partial charge on any atom is 0.161 e. The molecular weight excluding hydrogens is 468 g/mol. The minimum absolute atomic E-state index is 0.740. The number of ether oxygens (including phenoxy) is 1. The Kier molecular flexibility index (Phi) is 4.45. The van der Waals surface area contributed by atoms with Gasteiger partial charge in [0.25, 0.3) is 0 Å². The fourth-order valence-corrected chi connectivity index (χ4v) is 5.28. The summed E-state index contributed by atoms with van der Waals surface area (Å²) in [5.41, 5.74) is 9.01. The standard InChI is InChI=1S/C33H20N4O/c1-3-11-21(12-4-1)29-30(35-25-17-8-7-16-24(25)34-29)23-15-9-19-27-32(23)38-28-20-10-18-26-31(28)37(27)33(36-26)22-13-5-2-6-14-22/h1-20H. The SMILES string of the molecule is c1ccc(-c2nc3ccccc3nc2-c2cccc3c2Oc2cccc4nc(-c5ccccc5)n-3c24)cc1. The molecule has 5 heteroatoms. The molecule has 0 atom stereocenters. The lowest BCUT2D eigenvalue weighted by molar-refractivity contribution is 0.477. The number of fused-ring (bicyclic) bond motifs is 3. The quantitative estimate of drug-likeness (QED) is 0.252. The first-order valence-electron chi connectivity index (χ1n) is 12.6. The zero-order valence-corrected chi connectivity index (χ0v) is 20.2. The first kappa shape index (κ1) is 20.9. The fourth-order valence-electron chi connectivity index (χ4n) is 5.28. The molecule has 38 heavy (non-hydrogen) atoms. The van der Waals surface area contributed by atoms with Crippen molar-refractivity contribution in [1.29, 1.82) is 0 Å². The number of hydrogen-bond acceptors (Lipinski definition) is 4. The molecule has 5 nitrogen and oxygen atoms in total. The van der Waals surface area contributed by atoms with Gasteiger partial charge in [0.05, 0.1) is 27.9 Å². The van der Waals surface area contributed by atoms with Crippen LogP contribution in [0, 0.1) is 0 Å². The first-order chi connectivity index (χ1) is 18.8. The summed E-state index contributed by atoms with van der Waals surface area (Å²) in [7, 11) is 0. The maximum atomic E-state index is 6.66. The van der Waals surface area contributed by atoms with Gasteiger partial charge in [0.15, 0.2) is 11.5 Å². The normalized spacial score (nSPS) is 11.9. The lowest BCUT2D eigenvalue weighted by Gasteiger charge is -2.24. The summed E-state index contributed by atoms with van der Waals surface area (Å²) >= 11 is 0. The van der Waals surface area contributed by atoms with Crippen LogP contribution in [0.15, 0.2) is 121 Å². The van der Waals surface area contributed by atoms with E-state index >= 15 is 0 Å². The smallest absolute Gasteiger partial charge is 0.161 e. The molecular formula is C33H20N4O. The minimum atomic E-state index is 0.740. The average molecular weight is 489 g/mol. The van der Waals surface area contributed by atoms with Gasteiger partial charge in [0.1, 0.15) is 17.0 Å². The van der Waals surface area contributed by atoms with Gasteiger partial charge >= 0.3 is 0 Å². The van der Waals surface area contributed by atoms with E-state index in [1.807, 2.05) is 78.9 Å². The van der Waals surface area contributed by atoms with E-state index in [0.717, 1.165) is 73.2 Å². The molecule has 8 rings (SSSR count). The molecule has 0 aliphatic carbocycles. The highest BCUT2D eigenvalue weighted by Crippen LogP contribution is 2.48. The van der Waals surface area contributed by atoms with E-state index in [9.17, 15) is 0 Å². The van der Waals surface area contributed by atoms with E-state index in [2.05, 4.69) is 47.0 Å². The molecule has 178 valence electrons. The molecule has 7 aromatic rings. The highest BCUT2D eigenvalue weighted by molar-refractivity contribution is 5.94. The molecule has 0 saturated heterocycles. The minimum Gasteiger partial charge on any atom is -0.452 e. The third-order valence-corrected chi connectivity index (χ3v) is 6.99. The van der Waals surface area contributed by atoms with Gasteiger partial charge in [0, 0.05) is 16.7 Å². The second-order valence-corrected chi connectivity index (χ2v) is 9.29. The summed E-state index contributed by atoms with van der Waals surface area (Å²) in [6, 6.07) is 40.7. The lowest BCUT2D eigenvalue weighted by atomic mass is 10.0. The highest BCUT2D eigenvalue weighted by atomic mass is 16.5. The average Bonchev–Trinajstić information content (AvgIpc) is 3.39. The van der Waals surface area contributed by atoms with Crippen molar-refractivity contribution in [2.24, 2.45) is 0 Å². The van der Waals surface area contributed by atoms with E-state index in [1.54, 1.807) is 0 Å². The van der Waals surface area contributed by atoms with Crippen LogP contribution in [-0.2, 0) is 0 Å². The molecule has 2 aromatic heterocycles. The van der Waals surface area contributed by atoms with Crippen LogP contribution in [0.3, 0.4) is 0 Å². The molecule has 1 aliphatic heterocycles. The molecule has 0 saturated carbocycles. The van der Waals surface area contributed by atoms with E-state index in [4.69, 9.17) is 19.7 Å². The number of imidazole rings is 1. The van der Waals surface area contributed by atoms with Crippen LogP contribution >= 0.6 is 0 Å². The van der Waals surface area contributed by atoms with Crippen LogP contribution in [0.4, 0.5) is 0 Å². The van der Waals surface area contributed by atoms with Gasteiger partial charge < -0.3 is 4.74 Å².